The molecule has 0 aliphatic rings. The smallest absolute Gasteiger partial charge is 0.310 e. The SMILES string of the molecule is C#Cc1cccc(CC(=O)OC(C)(C)C)c1. The topological polar surface area (TPSA) is 26.3 Å². The molecule has 0 saturated carbocycles. The molecule has 16 heavy (non-hydrogen) atoms. The number of benzene rings is 1. The average molecular weight is 216 g/mol. The molecule has 0 fully saturated rings. The Morgan fingerprint density at radius 2 is 2.12 bits per heavy atom. The minimum atomic E-state index is -0.444. The van der Waals surface area contributed by atoms with E-state index >= 15 is 0 Å². The van der Waals surface area contributed by atoms with Crippen LogP contribution < -0.4 is 0 Å². The van der Waals surface area contributed by atoms with E-state index in [9.17, 15) is 4.79 Å². The van der Waals surface area contributed by atoms with E-state index in [-0.39, 0.29) is 12.4 Å². The van der Waals surface area contributed by atoms with Gasteiger partial charge in [-0.1, -0.05) is 18.1 Å². The van der Waals surface area contributed by atoms with Crippen LogP contribution >= 0.6 is 0 Å². The highest BCUT2D eigenvalue weighted by Crippen LogP contribution is 2.11. The number of ether oxygens (including phenoxy) is 1. The van der Waals surface area contributed by atoms with Crippen molar-refractivity contribution in [3.63, 3.8) is 0 Å². The van der Waals surface area contributed by atoms with Crippen molar-refractivity contribution >= 4 is 5.97 Å². The fraction of sp³-hybridized carbons (Fsp3) is 0.357. The molecule has 0 atom stereocenters. The molecule has 0 radical (unpaired) electrons. The van der Waals surface area contributed by atoms with Crippen LogP contribution in [0.25, 0.3) is 0 Å². The van der Waals surface area contributed by atoms with E-state index in [1.54, 1.807) is 0 Å². The summed E-state index contributed by atoms with van der Waals surface area (Å²) in [6.07, 6.45) is 5.54. The van der Waals surface area contributed by atoms with Gasteiger partial charge in [-0.3, -0.25) is 4.79 Å². The average Bonchev–Trinajstić information content (AvgIpc) is 2.15. The second-order valence-electron chi connectivity index (χ2n) is 4.61. The first-order valence-electron chi connectivity index (χ1n) is 5.18. The molecule has 0 unspecified atom stereocenters. The number of terminal acetylenes is 1. The van der Waals surface area contributed by atoms with Crippen LogP contribution in [0.2, 0.25) is 0 Å². The molecule has 2 heteroatoms. The molecule has 1 aromatic rings. The Balaban J connectivity index is 2.67. The minimum absolute atomic E-state index is 0.235. The highest BCUT2D eigenvalue weighted by atomic mass is 16.6. The van der Waals surface area contributed by atoms with E-state index in [1.165, 1.54) is 0 Å². The summed E-state index contributed by atoms with van der Waals surface area (Å²) in [6.45, 7) is 5.55. The van der Waals surface area contributed by atoms with E-state index < -0.39 is 5.60 Å². The van der Waals surface area contributed by atoms with Gasteiger partial charge in [-0.05, 0) is 38.5 Å². The Hall–Kier alpha value is -1.75. The van der Waals surface area contributed by atoms with Crippen LogP contribution in [0.3, 0.4) is 0 Å². The van der Waals surface area contributed by atoms with Crippen LogP contribution in [0.5, 0.6) is 0 Å². The lowest BCUT2D eigenvalue weighted by atomic mass is 10.1. The van der Waals surface area contributed by atoms with Gasteiger partial charge < -0.3 is 4.74 Å². The summed E-state index contributed by atoms with van der Waals surface area (Å²) in [5.41, 5.74) is 1.21. The fourth-order valence-electron chi connectivity index (χ4n) is 1.32. The van der Waals surface area contributed by atoms with Crippen molar-refractivity contribution in [3.8, 4) is 12.3 Å². The molecular formula is C14H16O2. The van der Waals surface area contributed by atoms with Gasteiger partial charge in [-0.25, -0.2) is 0 Å². The number of carbonyl (C=O) groups excluding carboxylic acids is 1. The summed E-state index contributed by atoms with van der Waals surface area (Å²) in [4.78, 5) is 11.6. The van der Waals surface area contributed by atoms with Gasteiger partial charge in [0, 0.05) is 5.56 Å². The maximum absolute atomic E-state index is 11.6. The van der Waals surface area contributed by atoms with Crippen molar-refractivity contribution in [1.82, 2.24) is 0 Å². The first-order valence-corrected chi connectivity index (χ1v) is 5.18. The summed E-state index contributed by atoms with van der Waals surface area (Å²) in [7, 11) is 0. The molecule has 0 aliphatic heterocycles. The quantitative estimate of drug-likeness (QED) is 0.561. The van der Waals surface area contributed by atoms with Crippen LogP contribution in [-0.2, 0) is 16.0 Å². The van der Waals surface area contributed by atoms with Crippen molar-refractivity contribution in [1.29, 1.82) is 0 Å². The van der Waals surface area contributed by atoms with E-state index in [1.807, 2.05) is 45.0 Å². The number of hydrogen-bond donors (Lipinski definition) is 0. The summed E-state index contributed by atoms with van der Waals surface area (Å²) < 4.78 is 5.22. The van der Waals surface area contributed by atoms with Gasteiger partial charge in [0.2, 0.25) is 0 Å². The fourth-order valence-corrected chi connectivity index (χ4v) is 1.32. The predicted octanol–water partition coefficient (Wildman–Crippen LogP) is 2.55. The van der Waals surface area contributed by atoms with Gasteiger partial charge in [-0.2, -0.15) is 0 Å². The zero-order valence-electron chi connectivity index (χ0n) is 9.91. The summed E-state index contributed by atoms with van der Waals surface area (Å²) in [5.74, 6) is 2.30. The second-order valence-corrected chi connectivity index (χ2v) is 4.61. The molecule has 1 aromatic carbocycles. The molecule has 84 valence electrons. The van der Waals surface area contributed by atoms with E-state index in [2.05, 4.69) is 5.92 Å². The zero-order valence-corrected chi connectivity index (χ0v) is 9.91. The van der Waals surface area contributed by atoms with E-state index in [4.69, 9.17) is 11.2 Å². The van der Waals surface area contributed by atoms with Crippen LogP contribution in [0, 0.1) is 12.3 Å². The lowest BCUT2D eigenvalue weighted by Crippen LogP contribution is -2.24. The monoisotopic (exact) mass is 216 g/mol. The first-order chi connectivity index (χ1) is 7.40. The normalized spacial score (nSPS) is 10.6. The Bertz CT molecular complexity index is 419. The van der Waals surface area contributed by atoms with Crippen LogP contribution in [0.4, 0.5) is 0 Å². The number of hydrogen-bond acceptors (Lipinski definition) is 2. The number of esters is 1. The summed E-state index contributed by atoms with van der Waals surface area (Å²) >= 11 is 0. The molecule has 0 aromatic heterocycles. The van der Waals surface area contributed by atoms with Gasteiger partial charge in [0.05, 0.1) is 6.42 Å². The van der Waals surface area contributed by atoms with Crippen molar-refractivity contribution in [2.45, 2.75) is 32.8 Å². The molecule has 0 N–H and O–H groups in total. The van der Waals surface area contributed by atoms with E-state index in [0.717, 1.165) is 11.1 Å². The minimum Gasteiger partial charge on any atom is -0.460 e. The van der Waals surface area contributed by atoms with Gasteiger partial charge in [0.15, 0.2) is 0 Å². The Morgan fingerprint density at radius 1 is 1.44 bits per heavy atom. The van der Waals surface area contributed by atoms with Gasteiger partial charge in [0.25, 0.3) is 0 Å². The van der Waals surface area contributed by atoms with Crippen molar-refractivity contribution in [2.24, 2.45) is 0 Å². The van der Waals surface area contributed by atoms with Crippen LogP contribution in [-0.4, -0.2) is 11.6 Å². The van der Waals surface area contributed by atoms with Crippen molar-refractivity contribution < 1.29 is 9.53 Å². The highest BCUT2D eigenvalue weighted by molar-refractivity contribution is 5.73. The van der Waals surface area contributed by atoms with Gasteiger partial charge in [-0.15, -0.1) is 6.42 Å². The lowest BCUT2D eigenvalue weighted by Gasteiger charge is -2.19. The van der Waals surface area contributed by atoms with Crippen LogP contribution in [0.1, 0.15) is 31.9 Å². The molecule has 0 heterocycles. The molecular weight excluding hydrogens is 200 g/mol. The van der Waals surface area contributed by atoms with Gasteiger partial charge >= 0.3 is 5.97 Å². The number of carbonyl (C=O) groups is 1. The summed E-state index contributed by atoms with van der Waals surface area (Å²) in [6, 6.07) is 7.36. The third-order valence-corrected chi connectivity index (χ3v) is 1.86. The second kappa shape index (κ2) is 4.85. The van der Waals surface area contributed by atoms with E-state index in [0.29, 0.717) is 0 Å². The number of rotatable bonds is 2. The van der Waals surface area contributed by atoms with Crippen LogP contribution in [0.15, 0.2) is 24.3 Å². The standard InChI is InChI=1S/C14H16O2/c1-5-11-7-6-8-12(9-11)10-13(15)16-14(2,3)4/h1,6-9H,10H2,2-4H3. The van der Waals surface area contributed by atoms with Crippen molar-refractivity contribution in [2.75, 3.05) is 0 Å². The maximum atomic E-state index is 11.6. The summed E-state index contributed by atoms with van der Waals surface area (Å²) in [5, 5.41) is 0. The van der Waals surface area contributed by atoms with Gasteiger partial charge in [0.1, 0.15) is 5.60 Å². The Morgan fingerprint density at radius 3 is 2.69 bits per heavy atom. The maximum Gasteiger partial charge on any atom is 0.310 e. The third-order valence-electron chi connectivity index (χ3n) is 1.86. The molecule has 0 aliphatic carbocycles. The zero-order chi connectivity index (χ0) is 12.2. The molecule has 1 rings (SSSR count). The largest absolute Gasteiger partial charge is 0.460 e. The Kier molecular flexibility index (Phi) is 3.73. The third kappa shape index (κ3) is 4.18. The molecule has 2 nitrogen and oxygen atoms in total. The Labute approximate surface area is 96.6 Å². The van der Waals surface area contributed by atoms with Crippen molar-refractivity contribution in [3.05, 3.63) is 35.4 Å². The predicted molar refractivity (Wildman–Crippen MR) is 63.9 cm³/mol. The highest BCUT2D eigenvalue weighted by Gasteiger charge is 2.16. The lowest BCUT2D eigenvalue weighted by molar-refractivity contribution is -0.153. The molecule has 0 amide bonds. The molecule has 0 saturated heterocycles. The molecule has 0 spiro atoms. The molecule has 0 bridgehead atoms. The first kappa shape index (κ1) is 12.3.